The Balaban J connectivity index is 1.91. The van der Waals surface area contributed by atoms with Gasteiger partial charge in [0.2, 0.25) is 5.71 Å². The van der Waals surface area contributed by atoms with Gasteiger partial charge in [0.1, 0.15) is 23.0 Å². The summed E-state index contributed by atoms with van der Waals surface area (Å²) < 4.78 is 10.7. The Morgan fingerprint density at radius 3 is 2.84 bits per heavy atom. The lowest BCUT2D eigenvalue weighted by Gasteiger charge is -2.04. The number of carbonyl (C=O) groups excluding carboxylic acids is 1. The smallest absolute Gasteiger partial charge is 0.342 e. The Hall–Kier alpha value is -2.54. The second kappa shape index (κ2) is 7.14. The number of carbonyl (C=O) groups is 1. The van der Waals surface area contributed by atoms with Gasteiger partial charge >= 0.3 is 5.97 Å². The molecule has 0 spiro atoms. The van der Waals surface area contributed by atoms with E-state index >= 15 is 0 Å². The molecular weight excluding hydrogens is 338 g/mol. The van der Waals surface area contributed by atoms with E-state index in [9.17, 15) is 4.79 Å². The van der Waals surface area contributed by atoms with Gasteiger partial charge in [0, 0.05) is 4.90 Å². The van der Waals surface area contributed by atoms with Gasteiger partial charge in [-0.15, -0.1) is 11.8 Å². The maximum Gasteiger partial charge on any atom is 0.342 e. The highest BCUT2D eigenvalue weighted by atomic mass is 32.2. The van der Waals surface area contributed by atoms with Crippen molar-refractivity contribution in [2.75, 3.05) is 12.3 Å². The van der Waals surface area contributed by atoms with Crippen LogP contribution in [0.4, 0.5) is 5.82 Å². The van der Waals surface area contributed by atoms with Crippen molar-refractivity contribution in [1.82, 2.24) is 9.97 Å². The molecule has 0 aliphatic heterocycles. The number of fused-ring (bicyclic) bond motifs is 1. The number of ether oxygens (including phenoxy) is 1. The summed E-state index contributed by atoms with van der Waals surface area (Å²) >= 11 is 1.62. The van der Waals surface area contributed by atoms with Gasteiger partial charge in [-0.2, -0.15) is 4.98 Å². The largest absolute Gasteiger partial charge is 0.462 e. The molecule has 3 rings (SSSR count). The molecular formula is C18H19N3O3S. The summed E-state index contributed by atoms with van der Waals surface area (Å²) in [4.78, 5) is 22.0. The first kappa shape index (κ1) is 17.3. The van der Waals surface area contributed by atoms with Gasteiger partial charge in [0.15, 0.2) is 0 Å². The van der Waals surface area contributed by atoms with Crippen molar-refractivity contribution >= 4 is 34.6 Å². The number of aryl methyl sites for hydroxylation is 2. The molecule has 130 valence electrons. The molecule has 0 aliphatic rings. The highest BCUT2D eigenvalue weighted by Gasteiger charge is 2.23. The van der Waals surface area contributed by atoms with Crippen molar-refractivity contribution in [3.8, 4) is 0 Å². The molecule has 0 fully saturated rings. The molecule has 2 N–H and O–H groups in total. The number of benzene rings is 1. The number of esters is 1. The lowest BCUT2D eigenvalue weighted by Crippen LogP contribution is -2.07. The van der Waals surface area contributed by atoms with E-state index in [0.29, 0.717) is 34.0 Å². The van der Waals surface area contributed by atoms with E-state index in [1.54, 1.807) is 25.6 Å². The maximum atomic E-state index is 12.1. The highest BCUT2D eigenvalue weighted by Crippen LogP contribution is 2.30. The SMILES string of the molecule is CCOC(=O)c1c(C)oc2nc(CSc3cccc(C)c3)nc(N)c12. The molecule has 0 saturated heterocycles. The van der Waals surface area contributed by atoms with Gasteiger partial charge in [-0.3, -0.25) is 0 Å². The average molecular weight is 357 g/mol. The number of nitrogens with two attached hydrogens (primary N) is 1. The van der Waals surface area contributed by atoms with Gasteiger partial charge in [0.05, 0.1) is 17.7 Å². The van der Waals surface area contributed by atoms with Gasteiger partial charge < -0.3 is 14.9 Å². The minimum absolute atomic E-state index is 0.227. The van der Waals surface area contributed by atoms with E-state index in [1.165, 1.54) is 5.56 Å². The summed E-state index contributed by atoms with van der Waals surface area (Å²) in [6.45, 7) is 5.76. The standard InChI is InChI=1S/C18H19N3O3S/c1-4-23-18(22)14-11(3)24-17-15(14)16(19)20-13(21-17)9-25-12-7-5-6-10(2)8-12/h5-8H,4,9H2,1-3H3,(H2,19,20,21). The van der Waals surface area contributed by atoms with E-state index in [2.05, 4.69) is 16.0 Å². The fourth-order valence-electron chi connectivity index (χ4n) is 2.55. The number of nitrogens with zero attached hydrogens (tertiary/aromatic N) is 2. The Bertz CT molecular complexity index is 937. The van der Waals surface area contributed by atoms with E-state index in [1.807, 2.05) is 25.1 Å². The summed E-state index contributed by atoms with van der Waals surface area (Å²) in [7, 11) is 0. The van der Waals surface area contributed by atoms with E-state index < -0.39 is 5.97 Å². The van der Waals surface area contributed by atoms with Crippen LogP contribution in [0.15, 0.2) is 33.6 Å². The lowest BCUT2D eigenvalue weighted by molar-refractivity contribution is 0.0526. The van der Waals surface area contributed by atoms with E-state index in [0.717, 1.165) is 4.90 Å². The van der Waals surface area contributed by atoms with Crippen LogP contribution in [-0.2, 0) is 10.5 Å². The van der Waals surface area contributed by atoms with Crippen LogP contribution in [0.2, 0.25) is 0 Å². The van der Waals surface area contributed by atoms with Crippen LogP contribution in [0, 0.1) is 13.8 Å². The molecule has 0 unspecified atom stereocenters. The topological polar surface area (TPSA) is 91.2 Å². The average Bonchev–Trinajstić information content (AvgIpc) is 2.90. The Kier molecular flexibility index (Phi) is 4.94. The zero-order chi connectivity index (χ0) is 18.0. The fourth-order valence-corrected chi connectivity index (χ4v) is 3.42. The number of thioether (sulfide) groups is 1. The summed E-state index contributed by atoms with van der Waals surface area (Å²) in [5, 5.41) is 0.417. The predicted molar refractivity (Wildman–Crippen MR) is 97.6 cm³/mol. The molecule has 0 saturated carbocycles. The van der Waals surface area contributed by atoms with Gasteiger partial charge in [0.25, 0.3) is 0 Å². The highest BCUT2D eigenvalue weighted by molar-refractivity contribution is 7.98. The lowest BCUT2D eigenvalue weighted by atomic mass is 10.2. The molecule has 0 bridgehead atoms. The van der Waals surface area contributed by atoms with Gasteiger partial charge in [-0.05, 0) is 32.9 Å². The molecule has 0 amide bonds. The zero-order valence-electron chi connectivity index (χ0n) is 14.3. The van der Waals surface area contributed by atoms with Crippen LogP contribution in [-0.4, -0.2) is 22.5 Å². The number of hydrogen-bond donors (Lipinski definition) is 1. The quantitative estimate of drug-likeness (QED) is 0.547. The van der Waals surface area contributed by atoms with Crippen LogP contribution in [0.25, 0.3) is 11.1 Å². The van der Waals surface area contributed by atoms with Crippen molar-refractivity contribution in [3.05, 3.63) is 47.0 Å². The van der Waals surface area contributed by atoms with Crippen LogP contribution in [0.3, 0.4) is 0 Å². The van der Waals surface area contributed by atoms with Crippen LogP contribution >= 0.6 is 11.8 Å². The third-order valence-electron chi connectivity index (χ3n) is 3.64. The summed E-state index contributed by atoms with van der Waals surface area (Å²) in [5.41, 5.74) is 7.88. The third kappa shape index (κ3) is 3.61. The second-order valence-electron chi connectivity index (χ2n) is 5.56. The van der Waals surface area contributed by atoms with Crippen molar-refractivity contribution in [2.24, 2.45) is 0 Å². The number of furan rings is 1. The normalized spacial score (nSPS) is 11.0. The van der Waals surface area contributed by atoms with E-state index in [-0.39, 0.29) is 12.4 Å². The zero-order valence-corrected chi connectivity index (χ0v) is 15.1. The van der Waals surface area contributed by atoms with Crippen LogP contribution < -0.4 is 5.73 Å². The summed E-state index contributed by atoms with van der Waals surface area (Å²) in [5.74, 6) is 1.29. The number of rotatable bonds is 5. The number of aromatic nitrogens is 2. The fraction of sp³-hybridized carbons (Fsp3) is 0.278. The molecule has 2 heterocycles. The molecule has 6 nitrogen and oxygen atoms in total. The molecule has 7 heteroatoms. The Labute approximate surface area is 149 Å². The molecule has 0 radical (unpaired) electrons. The molecule has 25 heavy (non-hydrogen) atoms. The third-order valence-corrected chi connectivity index (χ3v) is 4.63. The van der Waals surface area contributed by atoms with E-state index in [4.69, 9.17) is 14.9 Å². The molecule has 2 aromatic heterocycles. The first-order valence-electron chi connectivity index (χ1n) is 7.91. The summed E-state index contributed by atoms with van der Waals surface area (Å²) in [6.07, 6.45) is 0. The molecule has 0 aliphatic carbocycles. The number of anilines is 1. The maximum absolute atomic E-state index is 12.1. The van der Waals surface area contributed by atoms with Crippen LogP contribution in [0.1, 0.15) is 34.4 Å². The van der Waals surface area contributed by atoms with Crippen molar-refractivity contribution in [2.45, 2.75) is 31.4 Å². The summed E-state index contributed by atoms with van der Waals surface area (Å²) in [6, 6.07) is 8.20. The van der Waals surface area contributed by atoms with Crippen LogP contribution in [0.5, 0.6) is 0 Å². The first-order chi connectivity index (χ1) is 12.0. The second-order valence-corrected chi connectivity index (χ2v) is 6.61. The molecule has 1 aromatic carbocycles. The van der Waals surface area contributed by atoms with Gasteiger partial charge in [-0.25, -0.2) is 9.78 Å². The monoisotopic (exact) mass is 357 g/mol. The molecule has 3 aromatic rings. The molecule has 0 atom stereocenters. The first-order valence-corrected chi connectivity index (χ1v) is 8.90. The predicted octanol–water partition coefficient (Wildman–Crippen LogP) is 3.89. The van der Waals surface area contributed by atoms with Crippen molar-refractivity contribution < 1.29 is 13.9 Å². The van der Waals surface area contributed by atoms with Crippen molar-refractivity contribution in [1.29, 1.82) is 0 Å². The number of hydrogen-bond acceptors (Lipinski definition) is 7. The Morgan fingerprint density at radius 2 is 2.12 bits per heavy atom. The minimum Gasteiger partial charge on any atom is -0.462 e. The Morgan fingerprint density at radius 1 is 1.32 bits per heavy atom. The van der Waals surface area contributed by atoms with Crippen molar-refractivity contribution in [3.63, 3.8) is 0 Å². The minimum atomic E-state index is -0.476. The number of nitrogen functional groups attached to an aromatic ring is 1. The van der Waals surface area contributed by atoms with Gasteiger partial charge in [-0.1, -0.05) is 17.7 Å².